The molecule has 1 atom stereocenters. The molecule has 2 aromatic rings. The Morgan fingerprint density at radius 2 is 1.21 bits per heavy atom. The first-order valence-corrected chi connectivity index (χ1v) is 6.93. The Bertz CT molecular complexity index is 479. The molecule has 0 fully saturated rings. The maximum atomic E-state index is 2.37. The van der Waals surface area contributed by atoms with Crippen LogP contribution < -0.4 is 0 Å². The molecule has 0 saturated heterocycles. The van der Waals surface area contributed by atoms with Crippen molar-refractivity contribution >= 4 is 0 Å². The van der Waals surface area contributed by atoms with Gasteiger partial charge in [0.05, 0.1) is 0 Å². The summed E-state index contributed by atoms with van der Waals surface area (Å²) >= 11 is 0. The number of allylic oxidation sites excluding steroid dienone is 2. The number of benzene rings is 2. The Kier molecular flexibility index (Phi) is 4.57. The predicted molar refractivity (Wildman–Crippen MR) is 83.3 cm³/mol. The van der Waals surface area contributed by atoms with E-state index in [4.69, 9.17) is 0 Å². The lowest BCUT2D eigenvalue weighted by Crippen LogP contribution is -2.09. The molecule has 0 aliphatic carbocycles. The van der Waals surface area contributed by atoms with E-state index in [2.05, 4.69) is 87.5 Å². The molecule has 0 saturated carbocycles. The van der Waals surface area contributed by atoms with Crippen molar-refractivity contribution in [3.05, 3.63) is 83.4 Å². The van der Waals surface area contributed by atoms with Gasteiger partial charge in [-0.15, -0.1) is 0 Å². The molecule has 0 spiro atoms. The van der Waals surface area contributed by atoms with Gasteiger partial charge in [0.15, 0.2) is 0 Å². The summed E-state index contributed by atoms with van der Waals surface area (Å²) in [4.78, 5) is 0. The van der Waals surface area contributed by atoms with Crippen molar-refractivity contribution in [1.29, 1.82) is 0 Å². The van der Waals surface area contributed by atoms with Gasteiger partial charge in [-0.05, 0) is 30.9 Å². The molecule has 0 amide bonds. The van der Waals surface area contributed by atoms with Crippen molar-refractivity contribution in [2.45, 2.75) is 26.7 Å². The van der Waals surface area contributed by atoms with Gasteiger partial charge in [-0.25, -0.2) is 0 Å². The molecule has 0 N–H and O–H groups in total. The highest BCUT2D eigenvalue weighted by Crippen LogP contribution is 2.33. The van der Waals surface area contributed by atoms with Crippen LogP contribution in [-0.4, -0.2) is 0 Å². The van der Waals surface area contributed by atoms with Crippen LogP contribution in [-0.2, 0) is 0 Å². The normalized spacial score (nSPS) is 12.2. The average Bonchev–Trinajstić information content (AvgIpc) is 2.40. The van der Waals surface area contributed by atoms with Crippen LogP contribution in [0.1, 0.15) is 37.8 Å². The molecular weight excluding hydrogens is 228 g/mol. The van der Waals surface area contributed by atoms with Gasteiger partial charge in [0.25, 0.3) is 0 Å². The van der Waals surface area contributed by atoms with Gasteiger partial charge >= 0.3 is 0 Å². The largest absolute Gasteiger partial charge is 0.0821 e. The third kappa shape index (κ3) is 3.57. The summed E-state index contributed by atoms with van der Waals surface area (Å²) in [7, 11) is 0. The molecule has 19 heavy (non-hydrogen) atoms. The van der Waals surface area contributed by atoms with Crippen LogP contribution in [0.3, 0.4) is 0 Å². The van der Waals surface area contributed by atoms with Crippen LogP contribution in [0.5, 0.6) is 0 Å². The summed E-state index contributed by atoms with van der Waals surface area (Å²) in [6.45, 7) is 6.64. The molecule has 0 nitrogen and oxygen atoms in total. The first-order chi connectivity index (χ1) is 9.18. The number of hydrogen-bond acceptors (Lipinski definition) is 0. The van der Waals surface area contributed by atoms with E-state index in [0.29, 0.717) is 11.8 Å². The van der Waals surface area contributed by atoms with Gasteiger partial charge in [0, 0.05) is 5.92 Å². The summed E-state index contributed by atoms with van der Waals surface area (Å²) in [5.74, 6) is 0.923. The van der Waals surface area contributed by atoms with E-state index in [1.54, 1.807) is 0 Å². The second-order valence-electron chi connectivity index (χ2n) is 5.40. The van der Waals surface area contributed by atoms with Crippen molar-refractivity contribution < 1.29 is 0 Å². The van der Waals surface area contributed by atoms with E-state index in [1.165, 1.54) is 16.7 Å². The first kappa shape index (κ1) is 13.6. The third-order valence-electron chi connectivity index (χ3n) is 3.44. The molecule has 0 bridgehead atoms. The summed E-state index contributed by atoms with van der Waals surface area (Å²) in [6, 6.07) is 21.6. The second-order valence-corrected chi connectivity index (χ2v) is 5.40. The maximum absolute atomic E-state index is 2.37. The van der Waals surface area contributed by atoms with Crippen LogP contribution in [0.2, 0.25) is 0 Å². The lowest BCUT2D eigenvalue weighted by Gasteiger charge is -2.23. The van der Waals surface area contributed by atoms with Crippen molar-refractivity contribution in [3.8, 4) is 0 Å². The molecule has 0 heterocycles. The van der Waals surface area contributed by atoms with Gasteiger partial charge in [-0.3, -0.25) is 0 Å². The zero-order chi connectivity index (χ0) is 13.7. The van der Waals surface area contributed by atoms with Crippen LogP contribution in [0.4, 0.5) is 0 Å². The van der Waals surface area contributed by atoms with Gasteiger partial charge in [0.2, 0.25) is 0 Å². The van der Waals surface area contributed by atoms with E-state index in [9.17, 15) is 0 Å². The van der Waals surface area contributed by atoms with Crippen molar-refractivity contribution in [3.63, 3.8) is 0 Å². The standard InChI is InChI=1S/C19H22/c1-15(2)14-16(3)19(17-10-6-4-7-11-17)18-12-8-5-9-13-18/h4-14,16,19H,1-3H3. The molecule has 0 heteroatoms. The first-order valence-electron chi connectivity index (χ1n) is 6.93. The summed E-state index contributed by atoms with van der Waals surface area (Å²) in [5, 5.41) is 0. The molecule has 0 radical (unpaired) electrons. The quantitative estimate of drug-likeness (QED) is 0.635. The smallest absolute Gasteiger partial charge is 0.0150 e. The van der Waals surface area contributed by atoms with Crippen LogP contribution in [0, 0.1) is 5.92 Å². The van der Waals surface area contributed by atoms with E-state index < -0.39 is 0 Å². The summed E-state index contributed by atoms with van der Waals surface area (Å²) in [5.41, 5.74) is 4.15. The average molecular weight is 250 g/mol. The molecule has 2 aromatic carbocycles. The van der Waals surface area contributed by atoms with Gasteiger partial charge in [-0.2, -0.15) is 0 Å². The zero-order valence-electron chi connectivity index (χ0n) is 12.0. The predicted octanol–water partition coefficient (Wildman–Crippen LogP) is 5.42. The van der Waals surface area contributed by atoms with Crippen molar-refractivity contribution in [2.24, 2.45) is 5.92 Å². The van der Waals surface area contributed by atoms with Gasteiger partial charge in [-0.1, -0.05) is 79.2 Å². The summed E-state index contributed by atoms with van der Waals surface area (Å²) < 4.78 is 0. The minimum atomic E-state index is 0.428. The highest BCUT2D eigenvalue weighted by atomic mass is 14.2. The van der Waals surface area contributed by atoms with Crippen molar-refractivity contribution in [1.82, 2.24) is 0 Å². The Hall–Kier alpha value is -1.82. The Balaban J connectivity index is 2.43. The minimum absolute atomic E-state index is 0.428. The second kappa shape index (κ2) is 6.38. The molecule has 0 aliphatic heterocycles. The van der Waals surface area contributed by atoms with Crippen LogP contribution in [0.15, 0.2) is 72.3 Å². The Morgan fingerprint density at radius 3 is 1.58 bits per heavy atom. The minimum Gasteiger partial charge on any atom is -0.0821 e. The van der Waals surface area contributed by atoms with Crippen LogP contribution in [0.25, 0.3) is 0 Å². The molecule has 1 unspecified atom stereocenters. The van der Waals surface area contributed by atoms with E-state index in [1.807, 2.05) is 0 Å². The molecular formula is C19H22. The number of hydrogen-bond donors (Lipinski definition) is 0. The monoisotopic (exact) mass is 250 g/mol. The van der Waals surface area contributed by atoms with Gasteiger partial charge < -0.3 is 0 Å². The maximum Gasteiger partial charge on any atom is 0.0150 e. The topological polar surface area (TPSA) is 0 Å². The zero-order valence-corrected chi connectivity index (χ0v) is 12.0. The lowest BCUT2D eigenvalue weighted by atomic mass is 9.81. The van der Waals surface area contributed by atoms with Crippen molar-refractivity contribution in [2.75, 3.05) is 0 Å². The molecule has 0 aliphatic rings. The van der Waals surface area contributed by atoms with Gasteiger partial charge in [0.1, 0.15) is 0 Å². The Labute approximate surface area is 116 Å². The fraction of sp³-hybridized carbons (Fsp3) is 0.263. The molecule has 2 rings (SSSR count). The summed E-state index contributed by atoms with van der Waals surface area (Å²) in [6.07, 6.45) is 2.37. The van der Waals surface area contributed by atoms with Crippen LogP contribution >= 0.6 is 0 Å². The highest BCUT2D eigenvalue weighted by molar-refractivity contribution is 5.34. The molecule has 0 aromatic heterocycles. The highest BCUT2D eigenvalue weighted by Gasteiger charge is 2.19. The van der Waals surface area contributed by atoms with E-state index >= 15 is 0 Å². The third-order valence-corrected chi connectivity index (χ3v) is 3.44. The molecule has 98 valence electrons. The fourth-order valence-corrected chi connectivity index (χ4v) is 2.74. The lowest BCUT2D eigenvalue weighted by molar-refractivity contribution is 0.620. The Morgan fingerprint density at radius 1 is 0.789 bits per heavy atom. The van der Waals surface area contributed by atoms with E-state index in [-0.39, 0.29) is 0 Å². The fourth-order valence-electron chi connectivity index (χ4n) is 2.74. The number of rotatable bonds is 4. The SMILES string of the molecule is CC(C)=CC(C)C(c1ccccc1)c1ccccc1. The van der Waals surface area contributed by atoms with E-state index in [0.717, 1.165) is 0 Å².